The Morgan fingerprint density at radius 2 is 1.71 bits per heavy atom. The highest BCUT2D eigenvalue weighted by molar-refractivity contribution is 5.83. The lowest BCUT2D eigenvalue weighted by atomic mass is 10.0. The number of hydrogen-bond acceptors (Lipinski definition) is 5. The SMILES string of the molecule is COc1ccc(CCC(=O)N2CCC(NC(=O)CCC(C)=O)CC2)cc1OC. The Morgan fingerprint density at radius 1 is 1.04 bits per heavy atom. The number of nitrogens with zero attached hydrogens (tertiary/aromatic N) is 1. The molecule has 0 aliphatic carbocycles. The summed E-state index contributed by atoms with van der Waals surface area (Å²) in [5.41, 5.74) is 1.03. The molecule has 0 saturated carbocycles. The van der Waals surface area contributed by atoms with Crippen LogP contribution in [-0.4, -0.2) is 55.8 Å². The third-order valence-corrected chi connectivity index (χ3v) is 4.99. The van der Waals surface area contributed by atoms with Gasteiger partial charge in [0.2, 0.25) is 11.8 Å². The first-order chi connectivity index (χ1) is 13.4. The van der Waals surface area contributed by atoms with Gasteiger partial charge in [0.15, 0.2) is 11.5 Å². The average Bonchev–Trinajstić information content (AvgIpc) is 2.70. The maximum absolute atomic E-state index is 12.5. The van der Waals surface area contributed by atoms with Crippen molar-refractivity contribution >= 4 is 17.6 Å². The van der Waals surface area contributed by atoms with E-state index < -0.39 is 0 Å². The third kappa shape index (κ3) is 6.55. The number of methoxy groups -OCH3 is 2. The number of rotatable bonds is 9. The molecule has 1 aromatic rings. The number of likely N-dealkylation sites (tertiary alicyclic amines) is 1. The number of ether oxygens (including phenoxy) is 2. The van der Waals surface area contributed by atoms with Crippen molar-refractivity contribution < 1.29 is 23.9 Å². The molecule has 1 aromatic carbocycles. The Bertz CT molecular complexity index is 696. The number of Topliss-reactive ketones (excluding diaryl/α,β-unsaturated/α-hetero) is 1. The molecule has 0 unspecified atom stereocenters. The monoisotopic (exact) mass is 390 g/mol. The van der Waals surface area contributed by atoms with Crippen LogP contribution in [0.5, 0.6) is 11.5 Å². The Kier molecular flexibility index (Phi) is 8.29. The van der Waals surface area contributed by atoms with Crippen molar-refractivity contribution in [2.45, 2.75) is 51.5 Å². The van der Waals surface area contributed by atoms with Gasteiger partial charge < -0.3 is 24.5 Å². The number of amides is 2. The van der Waals surface area contributed by atoms with Gasteiger partial charge in [-0.05, 0) is 43.9 Å². The third-order valence-electron chi connectivity index (χ3n) is 4.99. The summed E-state index contributed by atoms with van der Waals surface area (Å²) in [6.07, 6.45) is 3.08. The van der Waals surface area contributed by atoms with Gasteiger partial charge >= 0.3 is 0 Å². The zero-order chi connectivity index (χ0) is 20.5. The maximum Gasteiger partial charge on any atom is 0.222 e. The van der Waals surface area contributed by atoms with Crippen molar-refractivity contribution in [1.29, 1.82) is 0 Å². The summed E-state index contributed by atoms with van der Waals surface area (Å²) in [5.74, 6) is 1.38. The van der Waals surface area contributed by atoms with Crippen LogP contribution in [-0.2, 0) is 20.8 Å². The molecule has 1 aliphatic heterocycles. The number of nitrogens with one attached hydrogen (secondary N) is 1. The molecule has 1 fully saturated rings. The Labute approximate surface area is 166 Å². The first kappa shape index (κ1) is 21.7. The number of carbonyl (C=O) groups is 3. The molecule has 7 nitrogen and oxygen atoms in total. The molecule has 28 heavy (non-hydrogen) atoms. The number of hydrogen-bond donors (Lipinski definition) is 1. The van der Waals surface area contributed by atoms with E-state index in [-0.39, 0.29) is 36.5 Å². The highest BCUT2D eigenvalue weighted by Crippen LogP contribution is 2.28. The summed E-state index contributed by atoms with van der Waals surface area (Å²) < 4.78 is 10.5. The van der Waals surface area contributed by atoms with Gasteiger partial charge in [0.1, 0.15) is 5.78 Å². The van der Waals surface area contributed by atoms with Gasteiger partial charge in [-0.25, -0.2) is 0 Å². The molecule has 0 spiro atoms. The molecule has 0 radical (unpaired) electrons. The highest BCUT2D eigenvalue weighted by atomic mass is 16.5. The van der Waals surface area contributed by atoms with Crippen molar-refractivity contribution in [3.63, 3.8) is 0 Å². The zero-order valence-electron chi connectivity index (χ0n) is 17.0. The van der Waals surface area contributed by atoms with Crippen molar-refractivity contribution in [3.05, 3.63) is 23.8 Å². The first-order valence-corrected chi connectivity index (χ1v) is 9.70. The molecule has 0 bridgehead atoms. The lowest BCUT2D eigenvalue weighted by Crippen LogP contribution is -2.46. The summed E-state index contributed by atoms with van der Waals surface area (Å²) in [5, 5.41) is 2.96. The van der Waals surface area contributed by atoms with E-state index in [1.807, 2.05) is 23.1 Å². The van der Waals surface area contributed by atoms with Crippen molar-refractivity contribution in [2.75, 3.05) is 27.3 Å². The van der Waals surface area contributed by atoms with E-state index in [0.29, 0.717) is 37.4 Å². The van der Waals surface area contributed by atoms with Crippen molar-refractivity contribution in [3.8, 4) is 11.5 Å². The van der Waals surface area contributed by atoms with Gasteiger partial charge in [0, 0.05) is 38.4 Å². The Morgan fingerprint density at radius 3 is 2.32 bits per heavy atom. The van der Waals surface area contributed by atoms with E-state index in [1.54, 1.807) is 14.2 Å². The minimum absolute atomic E-state index is 0.0186. The van der Waals surface area contributed by atoms with Gasteiger partial charge in [0.25, 0.3) is 0 Å². The van der Waals surface area contributed by atoms with Crippen molar-refractivity contribution in [2.24, 2.45) is 0 Å². The molecule has 1 aliphatic rings. The smallest absolute Gasteiger partial charge is 0.222 e. The molecular weight excluding hydrogens is 360 g/mol. The summed E-state index contributed by atoms with van der Waals surface area (Å²) in [6, 6.07) is 5.76. The van der Waals surface area contributed by atoms with E-state index in [4.69, 9.17) is 9.47 Å². The van der Waals surface area contributed by atoms with Crippen LogP contribution < -0.4 is 14.8 Å². The summed E-state index contributed by atoms with van der Waals surface area (Å²) in [6.45, 7) is 2.77. The van der Waals surface area contributed by atoms with Crippen LogP contribution >= 0.6 is 0 Å². The molecule has 7 heteroatoms. The van der Waals surface area contributed by atoms with Gasteiger partial charge in [-0.15, -0.1) is 0 Å². The fourth-order valence-corrected chi connectivity index (χ4v) is 3.31. The molecule has 2 rings (SSSR count). The first-order valence-electron chi connectivity index (χ1n) is 9.70. The quantitative estimate of drug-likeness (QED) is 0.698. The predicted octanol–water partition coefficient (Wildman–Crippen LogP) is 2.11. The van der Waals surface area contributed by atoms with E-state index in [2.05, 4.69) is 5.32 Å². The standard InChI is InChI=1S/C21H30N2O5/c1-15(24)4-8-20(25)22-17-10-12-23(13-11-17)21(26)9-6-16-5-7-18(27-2)19(14-16)28-3/h5,7,14,17H,4,6,8-13H2,1-3H3,(H,22,25). The highest BCUT2D eigenvalue weighted by Gasteiger charge is 2.23. The second kappa shape index (κ2) is 10.7. The molecule has 154 valence electrons. The van der Waals surface area contributed by atoms with Crippen LogP contribution in [0.1, 0.15) is 44.6 Å². The number of piperidine rings is 1. The van der Waals surface area contributed by atoms with Crippen LogP contribution in [0.4, 0.5) is 0 Å². The van der Waals surface area contributed by atoms with Gasteiger partial charge in [-0.3, -0.25) is 9.59 Å². The number of carbonyl (C=O) groups excluding carboxylic acids is 3. The zero-order valence-corrected chi connectivity index (χ0v) is 17.0. The average molecular weight is 390 g/mol. The molecule has 1 N–H and O–H groups in total. The van der Waals surface area contributed by atoms with E-state index in [9.17, 15) is 14.4 Å². The van der Waals surface area contributed by atoms with Gasteiger partial charge in [0.05, 0.1) is 14.2 Å². The van der Waals surface area contributed by atoms with E-state index in [0.717, 1.165) is 18.4 Å². The largest absolute Gasteiger partial charge is 0.493 e. The minimum Gasteiger partial charge on any atom is -0.493 e. The fourth-order valence-electron chi connectivity index (χ4n) is 3.31. The second-order valence-electron chi connectivity index (χ2n) is 7.11. The summed E-state index contributed by atoms with van der Waals surface area (Å²) in [4.78, 5) is 37.1. The second-order valence-corrected chi connectivity index (χ2v) is 7.11. The lowest BCUT2D eigenvalue weighted by Gasteiger charge is -2.32. The van der Waals surface area contributed by atoms with Crippen molar-refractivity contribution in [1.82, 2.24) is 10.2 Å². The van der Waals surface area contributed by atoms with Crippen LogP contribution in [0, 0.1) is 0 Å². The molecular formula is C21H30N2O5. The number of aryl methyl sites for hydroxylation is 1. The normalized spacial score (nSPS) is 14.5. The van der Waals surface area contributed by atoms with E-state index >= 15 is 0 Å². The van der Waals surface area contributed by atoms with Gasteiger partial charge in [-0.2, -0.15) is 0 Å². The topological polar surface area (TPSA) is 84.9 Å². The molecule has 0 aromatic heterocycles. The number of benzene rings is 1. The predicted molar refractivity (Wildman–Crippen MR) is 106 cm³/mol. The van der Waals surface area contributed by atoms with Crippen LogP contribution in [0.2, 0.25) is 0 Å². The van der Waals surface area contributed by atoms with Crippen LogP contribution in [0.15, 0.2) is 18.2 Å². The Balaban J connectivity index is 1.75. The molecule has 1 heterocycles. The minimum atomic E-state index is -0.0894. The molecule has 2 amide bonds. The lowest BCUT2D eigenvalue weighted by molar-refractivity contribution is -0.132. The van der Waals surface area contributed by atoms with Crippen LogP contribution in [0.25, 0.3) is 0 Å². The van der Waals surface area contributed by atoms with Crippen LogP contribution in [0.3, 0.4) is 0 Å². The number of ketones is 1. The summed E-state index contributed by atoms with van der Waals surface area (Å²) in [7, 11) is 3.19. The molecule has 0 atom stereocenters. The molecule has 1 saturated heterocycles. The van der Waals surface area contributed by atoms with E-state index in [1.165, 1.54) is 6.92 Å². The maximum atomic E-state index is 12.5. The Hall–Kier alpha value is -2.57. The fraction of sp³-hybridized carbons (Fsp3) is 0.571. The summed E-state index contributed by atoms with van der Waals surface area (Å²) >= 11 is 0. The van der Waals surface area contributed by atoms with Gasteiger partial charge in [-0.1, -0.05) is 6.07 Å².